The van der Waals surface area contributed by atoms with Gasteiger partial charge in [0.25, 0.3) is 0 Å². The zero-order chi connectivity index (χ0) is 19.1. The molecular formula is C17H29N9S. The number of guanidine groups is 1. The van der Waals surface area contributed by atoms with Crippen molar-refractivity contribution in [3.8, 4) is 0 Å². The minimum Gasteiger partial charge on any atom is -0.357 e. The lowest BCUT2D eigenvalue weighted by atomic mass is 10.3. The number of aryl methyl sites for hydroxylation is 2. The fourth-order valence-corrected chi connectivity index (χ4v) is 3.86. The fraction of sp³-hybridized carbons (Fsp3) is 0.706. The molecule has 0 radical (unpaired) electrons. The number of aliphatic imine (C=N–C) groups is 1. The van der Waals surface area contributed by atoms with Gasteiger partial charge < -0.3 is 19.7 Å². The lowest BCUT2D eigenvalue weighted by Gasteiger charge is -2.36. The van der Waals surface area contributed by atoms with Crippen molar-refractivity contribution in [2.24, 2.45) is 4.99 Å². The van der Waals surface area contributed by atoms with Crippen LogP contribution in [-0.2, 0) is 19.4 Å². The Morgan fingerprint density at radius 2 is 2.00 bits per heavy atom. The summed E-state index contributed by atoms with van der Waals surface area (Å²) < 4.78 is 6.47. The number of aromatic nitrogens is 5. The minimum atomic E-state index is 0.712. The highest BCUT2D eigenvalue weighted by atomic mass is 32.1. The molecule has 27 heavy (non-hydrogen) atoms. The third-order valence-corrected chi connectivity index (χ3v) is 5.39. The molecule has 1 aliphatic heterocycles. The number of hydrogen-bond donors (Lipinski definition) is 1. The topological polar surface area (TPSA) is 87.4 Å². The maximum Gasteiger partial charge on any atom is 0.205 e. The zero-order valence-electron chi connectivity index (χ0n) is 16.4. The quantitative estimate of drug-likeness (QED) is 0.557. The van der Waals surface area contributed by atoms with Gasteiger partial charge >= 0.3 is 0 Å². The molecule has 0 unspecified atom stereocenters. The van der Waals surface area contributed by atoms with Crippen molar-refractivity contribution < 1.29 is 0 Å². The molecule has 3 heterocycles. The van der Waals surface area contributed by atoms with E-state index in [1.54, 1.807) is 6.33 Å². The predicted molar refractivity (Wildman–Crippen MR) is 108 cm³/mol. The van der Waals surface area contributed by atoms with Crippen LogP contribution in [-0.4, -0.2) is 74.2 Å². The average molecular weight is 392 g/mol. The summed E-state index contributed by atoms with van der Waals surface area (Å²) in [6.07, 6.45) is 3.56. The summed E-state index contributed by atoms with van der Waals surface area (Å²) in [5.41, 5.74) is 0. The molecule has 10 heteroatoms. The third-order valence-electron chi connectivity index (χ3n) is 4.57. The Hall–Kier alpha value is -2.23. The van der Waals surface area contributed by atoms with Gasteiger partial charge in [-0.2, -0.15) is 4.37 Å². The summed E-state index contributed by atoms with van der Waals surface area (Å²) in [5.74, 6) is 2.93. The first-order chi connectivity index (χ1) is 13.2. The van der Waals surface area contributed by atoms with Crippen molar-refractivity contribution in [3.05, 3.63) is 18.0 Å². The fourth-order valence-electron chi connectivity index (χ4n) is 3.06. The molecule has 0 spiro atoms. The number of rotatable bonds is 7. The van der Waals surface area contributed by atoms with Crippen LogP contribution in [0, 0.1) is 0 Å². The number of nitrogens with one attached hydrogen (secondary N) is 1. The molecule has 3 rings (SSSR count). The van der Waals surface area contributed by atoms with Gasteiger partial charge in [0, 0.05) is 63.6 Å². The molecule has 0 atom stereocenters. The van der Waals surface area contributed by atoms with Gasteiger partial charge in [-0.15, -0.1) is 10.2 Å². The second kappa shape index (κ2) is 9.63. The van der Waals surface area contributed by atoms with Gasteiger partial charge in [-0.1, -0.05) is 13.8 Å². The van der Waals surface area contributed by atoms with Gasteiger partial charge in [0.05, 0.1) is 6.54 Å². The highest BCUT2D eigenvalue weighted by molar-refractivity contribution is 7.09. The lowest BCUT2D eigenvalue weighted by Crippen LogP contribution is -2.52. The van der Waals surface area contributed by atoms with Crippen molar-refractivity contribution in [1.82, 2.24) is 34.3 Å². The van der Waals surface area contributed by atoms with Gasteiger partial charge in [0.2, 0.25) is 5.13 Å². The summed E-state index contributed by atoms with van der Waals surface area (Å²) in [6.45, 7) is 12.4. The molecule has 1 N–H and O–H groups in total. The molecule has 2 aromatic heterocycles. The molecule has 0 bridgehead atoms. The summed E-state index contributed by atoms with van der Waals surface area (Å²) in [5, 5.41) is 12.6. The molecule has 2 aromatic rings. The van der Waals surface area contributed by atoms with E-state index in [9.17, 15) is 0 Å². The number of nitrogens with zero attached hydrogens (tertiary/aromatic N) is 8. The van der Waals surface area contributed by atoms with Gasteiger partial charge in [-0.05, 0) is 6.92 Å². The molecule has 9 nitrogen and oxygen atoms in total. The van der Waals surface area contributed by atoms with Crippen LogP contribution in [0.3, 0.4) is 0 Å². The second-order valence-corrected chi connectivity index (χ2v) is 7.08. The van der Waals surface area contributed by atoms with Crippen LogP contribution in [0.5, 0.6) is 0 Å². The van der Waals surface area contributed by atoms with E-state index in [0.717, 1.165) is 74.9 Å². The Bertz CT molecular complexity index is 730. The molecule has 0 amide bonds. The molecule has 1 fully saturated rings. The summed E-state index contributed by atoms with van der Waals surface area (Å²) in [6, 6.07) is 0. The number of hydrogen-bond acceptors (Lipinski definition) is 7. The Morgan fingerprint density at radius 1 is 1.19 bits per heavy atom. The normalized spacial score (nSPS) is 15.4. The van der Waals surface area contributed by atoms with E-state index < -0.39 is 0 Å². The zero-order valence-corrected chi connectivity index (χ0v) is 17.2. The molecule has 148 valence electrons. The van der Waals surface area contributed by atoms with Crippen LogP contribution in [0.1, 0.15) is 32.4 Å². The summed E-state index contributed by atoms with van der Waals surface area (Å²) in [7, 11) is 0. The van der Waals surface area contributed by atoms with Crippen LogP contribution in [0.25, 0.3) is 0 Å². The smallest absolute Gasteiger partial charge is 0.205 e. The highest BCUT2D eigenvalue weighted by Gasteiger charge is 2.22. The number of piperazine rings is 1. The number of anilines is 1. The standard InChI is InChI=1S/C17H29N9S/c1-4-14-21-17(27-23-14)25-11-9-24(10-12-25)16(18-6-3)19-7-8-26-13-20-22-15(26)5-2/h13H,4-12H2,1-3H3,(H,18,19). The van der Waals surface area contributed by atoms with E-state index >= 15 is 0 Å². The van der Waals surface area contributed by atoms with Crippen LogP contribution in [0.15, 0.2) is 11.3 Å². The van der Waals surface area contributed by atoms with Crippen molar-refractivity contribution in [2.75, 3.05) is 44.2 Å². The molecule has 0 aliphatic carbocycles. The van der Waals surface area contributed by atoms with E-state index in [1.807, 2.05) is 0 Å². The van der Waals surface area contributed by atoms with Crippen LogP contribution >= 0.6 is 11.5 Å². The Balaban J connectivity index is 1.55. The SMILES string of the molecule is CCNC(=NCCn1cnnc1CC)N1CCN(c2nc(CC)ns2)CC1. The Kier molecular flexibility index (Phi) is 6.97. The van der Waals surface area contributed by atoms with Crippen molar-refractivity contribution in [3.63, 3.8) is 0 Å². The molecular weight excluding hydrogens is 362 g/mol. The van der Waals surface area contributed by atoms with Gasteiger partial charge in [-0.3, -0.25) is 4.99 Å². The largest absolute Gasteiger partial charge is 0.357 e. The predicted octanol–water partition coefficient (Wildman–Crippen LogP) is 1.04. The van der Waals surface area contributed by atoms with Gasteiger partial charge in [0.15, 0.2) is 5.96 Å². The maximum absolute atomic E-state index is 4.81. The molecule has 0 saturated carbocycles. The van der Waals surface area contributed by atoms with Crippen molar-refractivity contribution in [2.45, 2.75) is 40.2 Å². The van der Waals surface area contributed by atoms with Crippen LogP contribution < -0.4 is 10.2 Å². The van der Waals surface area contributed by atoms with Crippen molar-refractivity contribution in [1.29, 1.82) is 0 Å². The minimum absolute atomic E-state index is 0.712. The average Bonchev–Trinajstić information content (AvgIpc) is 3.36. The first-order valence-electron chi connectivity index (χ1n) is 9.72. The molecule has 0 aromatic carbocycles. The first kappa shape index (κ1) is 19.5. The lowest BCUT2D eigenvalue weighted by molar-refractivity contribution is 0.372. The van der Waals surface area contributed by atoms with Crippen molar-refractivity contribution >= 4 is 22.6 Å². The van der Waals surface area contributed by atoms with Gasteiger partial charge in [-0.25, -0.2) is 4.98 Å². The van der Waals surface area contributed by atoms with Crippen LogP contribution in [0.2, 0.25) is 0 Å². The summed E-state index contributed by atoms with van der Waals surface area (Å²) >= 11 is 1.50. The Morgan fingerprint density at radius 3 is 2.67 bits per heavy atom. The first-order valence-corrected chi connectivity index (χ1v) is 10.5. The van der Waals surface area contributed by atoms with E-state index in [-0.39, 0.29) is 0 Å². The van der Waals surface area contributed by atoms with Gasteiger partial charge in [0.1, 0.15) is 18.0 Å². The van der Waals surface area contributed by atoms with E-state index in [2.05, 4.69) is 60.0 Å². The highest BCUT2D eigenvalue weighted by Crippen LogP contribution is 2.19. The second-order valence-electron chi connectivity index (χ2n) is 6.35. The monoisotopic (exact) mass is 391 g/mol. The Labute approximate surface area is 164 Å². The van der Waals surface area contributed by atoms with E-state index in [4.69, 9.17) is 4.99 Å². The summed E-state index contributed by atoms with van der Waals surface area (Å²) in [4.78, 5) is 14.1. The molecule has 1 saturated heterocycles. The van der Waals surface area contributed by atoms with E-state index in [1.165, 1.54) is 11.5 Å². The third kappa shape index (κ3) is 4.94. The van der Waals surface area contributed by atoms with Crippen LogP contribution in [0.4, 0.5) is 5.13 Å². The van der Waals surface area contributed by atoms with E-state index in [0.29, 0.717) is 6.54 Å². The maximum atomic E-state index is 4.81. The molecule has 1 aliphatic rings.